The SMILES string of the molecule is CCOc1cc(/C=C2/SC(=O)N(Cc3cccc4ccccc34)C2=O)cc(I)c1OCc1cccc(C)c1. The van der Waals surface area contributed by atoms with E-state index in [1.54, 1.807) is 6.08 Å². The van der Waals surface area contributed by atoms with Crippen molar-refractivity contribution >= 4 is 62.3 Å². The van der Waals surface area contributed by atoms with E-state index in [2.05, 4.69) is 41.6 Å². The maximum absolute atomic E-state index is 13.3. The van der Waals surface area contributed by atoms with Crippen LogP contribution in [0.3, 0.4) is 0 Å². The monoisotopic (exact) mass is 635 g/mol. The smallest absolute Gasteiger partial charge is 0.293 e. The predicted octanol–water partition coefficient (Wildman–Crippen LogP) is 7.97. The molecule has 1 aliphatic rings. The summed E-state index contributed by atoms with van der Waals surface area (Å²) in [7, 11) is 0. The van der Waals surface area contributed by atoms with Crippen molar-refractivity contribution in [2.24, 2.45) is 0 Å². The van der Waals surface area contributed by atoms with Crippen LogP contribution in [0.25, 0.3) is 16.8 Å². The first kappa shape index (κ1) is 26.3. The van der Waals surface area contributed by atoms with Crippen LogP contribution >= 0.6 is 34.4 Å². The molecule has 0 unspecified atom stereocenters. The van der Waals surface area contributed by atoms with Gasteiger partial charge in [-0.25, -0.2) is 0 Å². The van der Waals surface area contributed by atoms with Crippen LogP contribution in [-0.4, -0.2) is 22.7 Å². The lowest BCUT2D eigenvalue weighted by atomic mass is 10.0. The minimum Gasteiger partial charge on any atom is -0.490 e. The number of fused-ring (bicyclic) bond motifs is 1. The first-order valence-electron chi connectivity index (χ1n) is 12.3. The van der Waals surface area contributed by atoms with Crippen molar-refractivity contribution in [3.05, 3.63) is 110 Å². The Morgan fingerprint density at radius 1 is 0.947 bits per heavy atom. The van der Waals surface area contributed by atoms with E-state index >= 15 is 0 Å². The molecule has 1 fully saturated rings. The van der Waals surface area contributed by atoms with Gasteiger partial charge < -0.3 is 9.47 Å². The number of benzene rings is 4. The summed E-state index contributed by atoms with van der Waals surface area (Å²) in [5, 5.41) is 1.84. The van der Waals surface area contributed by atoms with Gasteiger partial charge in [-0.3, -0.25) is 14.5 Å². The van der Waals surface area contributed by atoms with Crippen LogP contribution < -0.4 is 9.47 Å². The van der Waals surface area contributed by atoms with Crippen molar-refractivity contribution in [3.8, 4) is 11.5 Å². The van der Waals surface area contributed by atoms with Crippen molar-refractivity contribution in [2.75, 3.05) is 6.61 Å². The molecule has 4 aromatic carbocycles. The normalized spacial score (nSPS) is 14.5. The lowest BCUT2D eigenvalue weighted by Crippen LogP contribution is -2.27. The topological polar surface area (TPSA) is 55.8 Å². The molecule has 0 radical (unpaired) electrons. The third-order valence-electron chi connectivity index (χ3n) is 6.18. The number of hydrogen-bond donors (Lipinski definition) is 0. The van der Waals surface area contributed by atoms with E-state index < -0.39 is 0 Å². The summed E-state index contributed by atoms with van der Waals surface area (Å²) >= 11 is 3.18. The van der Waals surface area contributed by atoms with Gasteiger partial charge >= 0.3 is 0 Å². The fourth-order valence-corrected chi connectivity index (χ4v) is 6.04. The summed E-state index contributed by atoms with van der Waals surface area (Å²) in [6, 6.07) is 25.9. The second kappa shape index (κ2) is 11.6. The number of halogens is 1. The van der Waals surface area contributed by atoms with Gasteiger partial charge in [-0.05, 0) is 93.9 Å². The molecule has 4 aromatic rings. The Labute approximate surface area is 240 Å². The molecule has 5 rings (SSSR count). The molecule has 5 nitrogen and oxygen atoms in total. The van der Waals surface area contributed by atoms with E-state index in [-0.39, 0.29) is 17.7 Å². The quantitative estimate of drug-likeness (QED) is 0.145. The number of carbonyl (C=O) groups is 2. The van der Waals surface area contributed by atoms with E-state index in [1.807, 2.05) is 73.7 Å². The minimum atomic E-state index is -0.291. The van der Waals surface area contributed by atoms with E-state index in [0.717, 1.165) is 42.8 Å². The van der Waals surface area contributed by atoms with E-state index in [4.69, 9.17) is 9.47 Å². The van der Waals surface area contributed by atoms with Crippen LogP contribution in [0.4, 0.5) is 4.79 Å². The zero-order valence-corrected chi connectivity index (χ0v) is 24.0. The highest BCUT2D eigenvalue weighted by atomic mass is 127. The summed E-state index contributed by atoms with van der Waals surface area (Å²) in [6.45, 7) is 5.10. The molecule has 1 heterocycles. The second-order valence-electron chi connectivity index (χ2n) is 8.95. The minimum absolute atomic E-state index is 0.233. The van der Waals surface area contributed by atoms with Crippen molar-refractivity contribution in [1.82, 2.24) is 4.90 Å². The molecule has 0 spiro atoms. The Hall–Kier alpha value is -3.30. The number of amides is 2. The highest BCUT2D eigenvalue weighted by molar-refractivity contribution is 14.1. The number of carbonyl (C=O) groups excluding carboxylic acids is 2. The standard InChI is InChI=1S/C31H26INO4S/c1-3-36-27-16-22(15-26(32)29(27)37-19-21-9-6-8-20(2)14-21)17-28-30(34)33(31(35)38-28)18-24-12-7-11-23-10-4-5-13-25(23)24/h4-17H,3,18-19H2,1-2H3/b28-17+. The Morgan fingerprint density at radius 2 is 1.74 bits per heavy atom. The molecule has 0 atom stereocenters. The molecular weight excluding hydrogens is 609 g/mol. The fraction of sp³-hybridized carbons (Fsp3) is 0.161. The lowest BCUT2D eigenvalue weighted by molar-refractivity contribution is -0.123. The van der Waals surface area contributed by atoms with Gasteiger partial charge in [-0.2, -0.15) is 0 Å². The van der Waals surface area contributed by atoms with E-state index in [1.165, 1.54) is 10.5 Å². The highest BCUT2D eigenvalue weighted by Crippen LogP contribution is 2.38. The molecular formula is C31H26INO4S. The largest absolute Gasteiger partial charge is 0.490 e. The Balaban J connectivity index is 1.38. The molecule has 38 heavy (non-hydrogen) atoms. The predicted molar refractivity (Wildman–Crippen MR) is 161 cm³/mol. The number of aryl methyl sites for hydroxylation is 1. The third-order valence-corrected chi connectivity index (χ3v) is 7.89. The second-order valence-corrected chi connectivity index (χ2v) is 11.1. The maximum atomic E-state index is 13.3. The number of rotatable bonds is 8. The van der Waals surface area contributed by atoms with Crippen LogP contribution in [0.15, 0.2) is 83.8 Å². The van der Waals surface area contributed by atoms with E-state index in [0.29, 0.717) is 29.6 Å². The average molecular weight is 636 g/mol. The zero-order valence-electron chi connectivity index (χ0n) is 21.1. The van der Waals surface area contributed by atoms with Crippen LogP contribution in [0.2, 0.25) is 0 Å². The number of thioether (sulfide) groups is 1. The molecule has 0 aromatic heterocycles. The fourth-order valence-electron chi connectivity index (χ4n) is 4.42. The summed E-state index contributed by atoms with van der Waals surface area (Å²) in [5.74, 6) is 0.976. The van der Waals surface area contributed by atoms with Gasteiger partial charge in [0, 0.05) is 0 Å². The third kappa shape index (κ3) is 5.73. The molecule has 0 N–H and O–H groups in total. The van der Waals surface area contributed by atoms with Crippen LogP contribution in [0.5, 0.6) is 11.5 Å². The molecule has 1 saturated heterocycles. The van der Waals surface area contributed by atoms with E-state index in [9.17, 15) is 9.59 Å². The lowest BCUT2D eigenvalue weighted by Gasteiger charge is -2.15. The summed E-state index contributed by atoms with van der Waals surface area (Å²) in [5.41, 5.74) is 3.97. The Kier molecular flexibility index (Phi) is 8.04. The molecule has 0 aliphatic carbocycles. The average Bonchev–Trinajstić information content (AvgIpc) is 3.16. The van der Waals surface area contributed by atoms with Gasteiger partial charge in [-0.1, -0.05) is 72.3 Å². The van der Waals surface area contributed by atoms with Gasteiger partial charge in [0.05, 0.1) is 21.6 Å². The van der Waals surface area contributed by atoms with Crippen LogP contribution in [-0.2, 0) is 17.9 Å². The number of hydrogen-bond acceptors (Lipinski definition) is 5. The van der Waals surface area contributed by atoms with Gasteiger partial charge in [-0.15, -0.1) is 0 Å². The number of ether oxygens (including phenoxy) is 2. The molecule has 1 aliphatic heterocycles. The highest BCUT2D eigenvalue weighted by Gasteiger charge is 2.35. The van der Waals surface area contributed by atoms with Crippen LogP contribution in [0.1, 0.15) is 29.2 Å². The molecule has 7 heteroatoms. The van der Waals surface area contributed by atoms with Crippen molar-refractivity contribution in [2.45, 2.75) is 27.0 Å². The van der Waals surface area contributed by atoms with Gasteiger partial charge in [0.2, 0.25) is 0 Å². The molecule has 0 bridgehead atoms. The van der Waals surface area contributed by atoms with Crippen molar-refractivity contribution in [1.29, 1.82) is 0 Å². The summed E-state index contributed by atoms with van der Waals surface area (Å²) in [6.07, 6.45) is 1.75. The van der Waals surface area contributed by atoms with Crippen LogP contribution in [0, 0.1) is 10.5 Å². The molecule has 2 amide bonds. The summed E-state index contributed by atoms with van der Waals surface area (Å²) < 4.78 is 12.9. The first-order valence-corrected chi connectivity index (χ1v) is 14.2. The zero-order chi connectivity index (χ0) is 26.6. The van der Waals surface area contributed by atoms with Gasteiger partial charge in [0.15, 0.2) is 11.5 Å². The Bertz CT molecular complexity index is 1560. The first-order chi connectivity index (χ1) is 18.4. The molecule has 0 saturated carbocycles. The summed E-state index contributed by atoms with van der Waals surface area (Å²) in [4.78, 5) is 27.8. The number of imide groups is 1. The van der Waals surface area contributed by atoms with Gasteiger partial charge in [0.25, 0.3) is 11.1 Å². The van der Waals surface area contributed by atoms with Crippen molar-refractivity contribution in [3.63, 3.8) is 0 Å². The Morgan fingerprint density at radius 3 is 2.55 bits per heavy atom. The molecule has 192 valence electrons. The maximum Gasteiger partial charge on any atom is 0.293 e. The van der Waals surface area contributed by atoms with Crippen molar-refractivity contribution < 1.29 is 19.1 Å². The number of nitrogens with zero attached hydrogens (tertiary/aromatic N) is 1. The van der Waals surface area contributed by atoms with Gasteiger partial charge in [0.1, 0.15) is 6.61 Å².